The van der Waals surface area contributed by atoms with Crippen molar-refractivity contribution in [2.45, 2.75) is 75.5 Å². The molecule has 5 saturated carbocycles. The first-order valence-corrected chi connectivity index (χ1v) is 11.2. The molecule has 154 valence electrons. The van der Waals surface area contributed by atoms with Crippen LogP contribution in [-0.4, -0.2) is 42.2 Å². The van der Waals surface area contributed by atoms with Crippen LogP contribution in [0.4, 0.5) is 0 Å². The fraction of sp³-hybridized carbons (Fsp3) is 0.682. The summed E-state index contributed by atoms with van der Waals surface area (Å²) >= 11 is 0. The summed E-state index contributed by atoms with van der Waals surface area (Å²) in [5.74, 6) is 2.16. The van der Waals surface area contributed by atoms with Crippen LogP contribution in [0, 0.1) is 17.8 Å². The molecule has 0 spiro atoms. The molecule has 2 unspecified atom stereocenters. The monoisotopic (exact) mass is 395 g/mol. The van der Waals surface area contributed by atoms with Crippen LogP contribution in [0.2, 0.25) is 0 Å². The zero-order valence-corrected chi connectivity index (χ0v) is 16.7. The van der Waals surface area contributed by atoms with Gasteiger partial charge in [0.15, 0.2) is 5.82 Å². The molecule has 5 aliphatic rings. The second-order valence-corrected chi connectivity index (χ2v) is 9.91. The van der Waals surface area contributed by atoms with Gasteiger partial charge in [-0.05, 0) is 68.8 Å². The second kappa shape index (κ2) is 6.42. The molecule has 2 atom stereocenters. The number of nitrogens with zero attached hydrogens (tertiary/aromatic N) is 4. The van der Waals surface area contributed by atoms with Crippen LogP contribution in [0.5, 0.6) is 0 Å². The lowest BCUT2D eigenvalue weighted by Gasteiger charge is -2.58. The van der Waals surface area contributed by atoms with E-state index in [9.17, 15) is 9.90 Å². The molecule has 7 nitrogen and oxygen atoms in total. The van der Waals surface area contributed by atoms with E-state index in [0.717, 1.165) is 50.8 Å². The molecule has 29 heavy (non-hydrogen) atoms. The van der Waals surface area contributed by atoms with Crippen LogP contribution >= 0.6 is 0 Å². The molecule has 2 N–H and O–H groups in total. The lowest BCUT2D eigenvalue weighted by molar-refractivity contribution is -0.136. The number of carbonyl (C=O) groups excluding carboxylic acids is 1. The van der Waals surface area contributed by atoms with Crippen molar-refractivity contribution in [3.8, 4) is 5.82 Å². The molecule has 0 aromatic carbocycles. The quantitative estimate of drug-likeness (QED) is 0.834. The molecule has 5 fully saturated rings. The van der Waals surface area contributed by atoms with E-state index >= 15 is 0 Å². The Bertz CT molecular complexity index is 898. The van der Waals surface area contributed by atoms with Gasteiger partial charge in [0, 0.05) is 18.4 Å². The predicted octanol–water partition coefficient (Wildman–Crippen LogP) is 2.85. The maximum absolute atomic E-state index is 13.4. The molecule has 5 aliphatic carbocycles. The highest BCUT2D eigenvalue weighted by atomic mass is 16.3. The molecular formula is C22H29N5O2. The van der Waals surface area contributed by atoms with Crippen molar-refractivity contribution in [2.75, 3.05) is 0 Å². The summed E-state index contributed by atoms with van der Waals surface area (Å²) in [7, 11) is 0. The highest BCUT2D eigenvalue weighted by Crippen LogP contribution is 2.55. The van der Waals surface area contributed by atoms with Crippen molar-refractivity contribution >= 4 is 5.91 Å². The lowest BCUT2D eigenvalue weighted by atomic mass is 9.52. The van der Waals surface area contributed by atoms with E-state index < -0.39 is 5.60 Å². The van der Waals surface area contributed by atoms with E-state index in [1.165, 1.54) is 12.8 Å². The third-order valence-electron chi connectivity index (χ3n) is 7.94. The highest BCUT2D eigenvalue weighted by molar-refractivity contribution is 5.97. The summed E-state index contributed by atoms with van der Waals surface area (Å²) in [5, 5.41) is 23.2. The van der Waals surface area contributed by atoms with Crippen molar-refractivity contribution in [1.82, 2.24) is 24.9 Å². The van der Waals surface area contributed by atoms with Gasteiger partial charge >= 0.3 is 0 Å². The smallest absolute Gasteiger partial charge is 0.256 e. The molecule has 2 heterocycles. The SMILES string of the molecule is O=C(NC1C2CC3CC1CC(O)(C3)C2)c1cnn(C2CCCC2)c1-n1cccn1. The Hall–Kier alpha value is -2.15. The van der Waals surface area contributed by atoms with E-state index in [0.29, 0.717) is 29.4 Å². The minimum atomic E-state index is -0.481. The molecule has 0 saturated heterocycles. The number of aliphatic hydroxyl groups is 1. The molecule has 2 aromatic heterocycles. The molecular weight excluding hydrogens is 366 g/mol. The van der Waals surface area contributed by atoms with Gasteiger partial charge in [-0.15, -0.1) is 0 Å². The van der Waals surface area contributed by atoms with Gasteiger partial charge in [-0.3, -0.25) is 4.79 Å². The first-order valence-electron chi connectivity index (χ1n) is 11.2. The molecule has 4 bridgehead atoms. The fourth-order valence-electron chi connectivity index (χ4n) is 7.00. The number of carbonyl (C=O) groups is 1. The van der Waals surface area contributed by atoms with Crippen molar-refractivity contribution < 1.29 is 9.90 Å². The van der Waals surface area contributed by atoms with Gasteiger partial charge in [0.05, 0.1) is 17.8 Å². The standard InChI is InChI=1S/C22H29N5O2/c28-20(25-19-15-8-14-9-16(19)12-22(29,10-14)11-15)18-13-24-27(17-4-1-2-5-17)21(18)26-7-3-6-23-26/h3,6-7,13-17,19,29H,1-2,4-5,8-12H2,(H,25,28). The topological polar surface area (TPSA) is 85.0 Å². The number of nitrogens with one attached hydrogen (secondary N) is 1. The van der Waals surface area contributed by atoms with E-state index in [4.69, 9.17) is 0 Å². The summed E-state index contributed by atoms with van der Waals surface area (Å²) in [6, 6.07) is 2.39. The van der Waals surface area contributed by atoms with E-state index in [1.807, 2.05) is 16.9 Å². The average molecular weight is 396 g/mol. The van der Waals surface area contributed by atoms with E-state index in [1.54, 1.807) is 17.1 Å². The Kier molecular flexibility index (Phi) is 3.92. The van der Waals surface area contributed by atoms with Crippen LogP contribution in [0.15, 0.2) is 24.7 Å². The molecule has 1 amide bonds. The predicted molar refractivity (Wildman–Crippen MR) is 107 cm³/mol. The maximum Gasteiger partial charge on any atom is 0.256 e. The van der Waals surface area contributed by atoms with Crippen LogP contribution in [0.3, 0.4) is 0 Å². The number of aromatic nitrogens is 4. The van der Waals surface area contributed by atoms with Crippen molar-refractivity contribution in [1.29, 1.82) is 0 Å². The Labute approximate surface area is 170 Å². The summed E-state index contributed by atoms with van der Waals surface area (Å²) in [6.07, 6.45) is 14.9. The minimum absolute atomic E-state index is 0.0517. The van der Waals surface area contributed by atoms with Gasteiger partial charge in [-0.1, -0.05) is 12.8 Å². The zero-order chi connectivity index (χ0) is 19.6. The van der Waals surface area contributed by atoms with Gasteiger partial charge in [0.2, 0.25) is 0 Å². The summed E-state index contributed by atoms with van der Waals surface area (Å²) < 4.78 is 3.79. The largest absolute Gasteiger partial charge is 0.390 e. The second-order valence-electron chi connectivity index (χ2n) is 9.91. The zero-order valence-electron chi connectivity index (χ0n) is 16.7. The fourth-order valence-corrected chi connectivity index (χ4v) is 7.00. The van der Waals surface area contributed by atoms with Crippen LogP contribution in [0.25, 0.3) is 5.82 Å². The third kappa shape index (κ3) is 2.85. The Morgan fingerprint density at radius 1 is 1.14 bits per heavy atom. The first kappa shape index (κ1) is 17.7. The average Bonchev–Trinajstić information content (AvgIpc) is 3.43. The van der Waals surface area contributed by atoms with Crippen molar-refractivity contribution in [3.63, 3.8) is 0 Å². The highest BCUT2D eigenvalue weighted by Gasteiger charge is 2.55. The van der Waals surface area contributed by atoms with Crippen molar-refractivity contribution in [3.05, 3.63) is 30.2 Å². The van der Waals surface area contributed by atoms with Crippen LogP contribution < -0.4 is 5.32 Å². The minimum Gasteiger partial charge on any atom is -0.390 e. The molecule has 2 aromatic rings. The Morgan fingerprint density at radius 3 is 2.55 bits per heavy atom. The summed E-state index contributed by atoms with van der Waals surface area (Å²) in [5.41, 5.74) is 0.124. The number of amides is 1. The van der Waals surface area contributed by atoms with E-state index in [-0.39, 0.29) is 11.9 Å². The molecule has 7 heteroatoms. The number of hydrogen-bond donors (Lipinski definition) is 2. The summed E-state index contributed by atoms with van der Waals surface area (Å²) in [4.78, 5) is 13.4. The normalized spacial score (nSPS) is 36.0. The maximum atomic E-state index is 13.4. The van der Waals surface area contributed by atoms with Gasteiger partial charge in [-0.2, -0.15) is 10.2 Å². The van der Waals surface area contributed by atoms with E-state index in [2.05, 4.69) is 15.5 Å². The molecule has 0 aliphatic heterocycles. The Morgan fingerprint density at radius 2 is 1.90 bits per heavy atom. The number of hydrogen-bond acceptors (Lipinski definition) is 4. The molecule has 7 rings (SSSR count). The lowest BCUT2D eigenvalue weighted by Crippen LogP contribution is -2.61. The summed E-state index contributed by atoms with van der Waals surface area (Å²) in [6.45, 7) is 0. The number of rotatable bonds is 4. The molecule has 0 radical (unpaired) electrons. The van der Waals surface area contributed by atoms with Gasteiger partial charge in [0.25, 0.3) is 5.91 Å². The van der Waals surface area contributed by atoms with Crippen LogP contribution in [-0.2, 0) is 0 Å². The first-order chi connectivity index (χ1) is 14.1. The Balaban J connectivity index is 1.30. The van der Waals surface area contributed by atoms with Crippen molar-refractivity contribution in [2.24, 2.45) is 17.8 Å². The third-order valence-corrected chi connectivity index (χ3v) is 7.94. The van der Waals surface area contributed by atoms with Gasteiger partial charge in [-0.25, -0.2) is 9.36 Å². The van der Waals surface area contributed by atoms with Crippen LogP contribution in [0.1, 0.15) is 74.2 Å². The van der Waals surface area contributed by atoms with Gasteiger partial charge in [0.1, 0.15) is 5.56 Å². The van der Waals surface area contributed by atoms with Gasteiger partial charge < -0.3 is 10.4 Å².